The molecule has 3 nitrogen and oxygen atoms in total. The van der Waals surface area contributed by atoms with Crippen LogP contribution in [0, 0.1) is 0 Å². The average molecular weight is 266 g/mol. The molecule has 2 atom stereocenters. The number of hydrogen-bond acceptors (Lipinski definition) is 1. The normalized spacial score (nSPS) is 22.9. The molecule has 98 valence electrons. The van der Waals surface area contributed by atoms with Crippen molar-refractivity contribution in [3.63, 3.8) is 0 Å². The summed E-state index contributed by atoms with van der Waals surface area (Å²) in [6.45, 7) is 2.96. The van der Waals surface area contributed by atoms with E-state index >= 15 is 0 Å². The van der Waals surface area contributed by atoms with E-state index in [2.05, 4.69) is 23.3 Å². The number of guanidine groups is 1. The Labute approximate surface area is 113 Å². The molecule has 2 rings (SSSR count). The SMILES string of the molecule is CCCCN=C(N)NC1CC1c1cccc(Cl)c1. The molecule has 3 N–H and O–H groups in total. The van der Waals surface area contributed by atoms with Gasteiger partial charge in [0.15, 0.2) is 5.96 Å². The molecule has 1 aromatic rings. The number of nitrogens with two attached hydrogens (primary N) is 1. The van der Waals surface area contributed by atoms with Gasteiger partial charge in [-0.1, -0.05) is 37.1 Å². The first-order valence-electron chi connectivity index (χ1n) is 6.52. The number of nitrogens with zero attached hydrogens (tertiary/aromatic N) is 1. The van der Waals surface area contributed by atoms with Crippen molar-refractivity contribution in [1.29, 1.82) is 0 Å². The molecule has 1 fully saturated rings. The van der Waals surface area contributed by atoms with Gasteiger partial charge in [-0.15, -0.1) is 0 Å². The summed E-state index contributed by atoms with van der Waals surface area (Å²) in [4.78, 5) is 4.30. The van der Waals surface area contributed by atoms with E-state index in [0.29, 0.717) is 17.9 Å². The van der Waals surface area contributed by atoms with Crippen LogP contribution in [-0.2, 0) is 0 Å². The van der Waals surface area contributed by atoms with Gasteiger partial charge in [0.05, 0.1) is 0 Å². The Balaban J connectivity index is 1.83. The molecule has 0 amide bonds. The fourth-order valence-electron chi connectivity index (χ4n) is 2.05. The first-order valence-corrected chi connectivity index (χ1v) is 6.90. The van der Waals surface area contributed by atoms with Crippen LogP contribution in [0.25, 0.3) is 0 Å². The zero-order valence-electron chi connectivity index (χ0n) is 10.7. The van der Waals surface area contributed by atoms with E-state index in [1.807, 2.05) is 18.2 Å². The van der Waals surface area contributed by atoms with Crippen molar-refractivity contribution in [2.75, 3.05) is 6.54 Å². The van der Waals surface area contributed by atoms with Gasteiger partial charge in [-0.25, -0.2) is 0 Å². The molecule has 4 heteroatoms. The van der Waals surface area contributed by atoms with Crippen LogP contribution >= 0.6 is 11.6 Å². The molecular formula is C14H20ClN3. The van der Waals surface area contributed by atoms with Gasteiger partial charge in [0.25, 0.3) is 0 Å². The van der Waals surface area contributed by atoms with Crippen molar-refractivity contribution in [3.05, 3.63) is 34.9 Å². The van der Waals surface area contributed by atoms with Gasteiger partial charge in [0, 0.05) is 23.5 Å². The summed E-state index contributed by atoms with van der Waals surface area (Å²) < 4.78 is 0. The minimum atomic E-state index is 0.411. The minimum Gasteiger partial charge on any atom is -0.370 e. The summed E-state index contributed by atoms with van der Waals surface area (Å²) in [5, 5.41) is 4.06. The van der Waals surface area contributed by atoms with E-state index in [4.69, 9.17) is 17.3 Å². The minimum absolute atomic E-state index is 0.411. The first kappa shape index (κ1) is 13.2. The maximum atomic E-state index is 5.99. The standard InChI is InChI=1S/C14H20ClN3/c1-2-3-7-17-14(16)18-13-9-12(13)10-5-4-6-11(15)8-10/h4-6,8,12-13H,2-3,7,9H2,1H3,(H3,16,17,18). The second kappa shape index (κ2) is 6.10. The molecule has 1 saturated carbocycles. The van der Waals surface area contributed by atoms with Crippen LogP contribution in [0.2, 0.25) is 5.02 Å². The van der Waals surface area contributed by atoms with Crippen molar-refractivity contribution in [1.82, 2.24) is 5.32 Å². The number of hydrogen-bond donors (Lipinski definition) is 2. The lowest BCUT2D eigenvalue weighted by molar-refractivity contribution is 0.789. The summed E-state index contributed by atoms with van der Waals surface area (Å²) in [7, 11) is 0. The zero-order valence-corrected chi connectivity index (χ0v) is 11.5. The van der Waals surface area contributed by atoms with Gasteiger partial charge in [-0.2, -0.15) is 0 Å². The summed E-state index contributed by atoms with van der Waals surface area (Å²) >= 11 is 5.99. The maximum absolute atomic E-state index is 5.99. The van der Waals surface area contributed by atoms with Crippen LogP contribution in [0.1, 0.15) is 37.7 Å². The number of rotatable bonds is 5. The molecule has 0 heterocycles. The topological polar surface area (TPSA) is 50.4 Å². The van der Waals surface area contributed by atoms with Gasteiger partial charge in [-0.05, 0) is 30.5 Å². The predicted molar refractivity (Wildman–Crippen MR) is 77.1 cm³/mol. The van der Waals surface area contributed by atoms with E-state index < -0.39 is 0 Å². The molecule has 1 aliphatic rings. The number of benzene rings is 1. The van der Waals surface area contributed by atoms with E-state index in [0.717, 1.165) is 30.8 Å². The molecule has 0 bridgehead atoms. The van der Waals surface area contributed by atoms with Crippen LogP contribution in [0.5, 0.6) is 0 Å². The zero-order chi connectivity index (χ0) is 13.0. The highest BCUT2D eigenvalue weighted by Crippen LogP contribution is 2.41. The fourth-order valence-corrected chi connectivity index (χ4v) is 2.25. The van der Waals surface area contributed by atoms with Gasteiger partial charge in [-0.3, -0.25) is 4.99 Å². The maximum Gasteiger partial charge on any atom is 0.188 e. The van der Waals surface area contributed by atoms with Gasteiger partial charge >= 0.3 is 0 Å². The third kappa shape index (κ3) is 3.64. The first-order chi connectivity index (χ1) is 8.70. The molecule has 1 aliphatic carbocycles. The van der Waals surface area contributed by atoms with Crippen LogP contribution < -0.4 is 11.1 Å². The highest BCUT2D eigenvalue weighted by Gasteiger charge is 2.38. The largest absolute Gasteiger partial charge is 0.370 e. The number of nitrogens with one attached hydrogen (secondary N) is 1. The quantitative estimate of drug-likeness (QED) is 0.489. The van der Waals surface area contributed by atoms with Crippen molar-refractivity contribution in [2.24, 2.45) is 10.7 Å². The number of aliphatic imine (C=N–C) groups is 1. The van der Waals surface area contributed by atoms with E-state index in [9.17, 15) is 0 Å². The summed E-state index contributed by atoms with van der Waals surface area (Å²) in [6.07, 6.45) is 3.33. The highest BCUT2D eigenvalue weighted by molar-refractivity contribution is 6.30. The van der Waals surface area contributed by atoms with E-state index in [1.54, 1.807) is 0 Å². The van der Waals surface area contributed by atoms with Crippen LogP contribution in [0.15, 0.2) is 29.3 Å². The molecule has 0 radical (unpaired) electrons. The number of halogens is 1. The summed E-state index contributed by atoms with van der Waals surface area (Å²) in [5.41, 5.74) is 7.12. The van der Waals surface area contributed by atoms with Crippen molar-refractivity contribution in [3.8, 4) is 0 Å². The monoisotopic (exact) mass is 265 g/mol. The molecular weight excluding hydrogens is 246 g/mol. The Morgan fingerprint density at radius 3 is 3.11 bits per heavy atom. The van der Waals surface area contributed by atoms with Gasteiger partial charge in [0.2, 0.25) is 0 Å². The molecule has 0 spiro atoms. The fraction of sp³-hybridized carbons (Fsp3) is 0.500. The van der Waals surface area contributed by atoms with E-state index in [1.165, 1.54) is 5.56 Å². The van der Waals surface area contributed by atoms with E-state index in [-0.39, 0.29) is 0 Å². The molecule has 18 heavy (non-hydrogen) atoms. The Morgan fingerprint density at radius 1 is 1.56 bits per heavy atom. The second-order valence-electron chi connectivity index (χ2n) is 4.77. The van der Waals surface area contributed by atoms with Crippen LogP contribution in [-0.4, -0.2) is 18.5 Å². The second-order valence-corrected chi connectivity index (χ2v) is 5.20. The van der Waals surface area contributed by atoms with Crippen molar-refractivity contribution in [2.45, 2.75) is 38.1 Å². The average Bonchev–Trinajstić information content (AvgIpc) is 3.08. The van der Waals surface area contributed by atoms with Crippen molar-refractivity contribution >= 4 is 17.6 Å². The molecule has 2 unspecified atom stereocenters. The third-order valence-corrected chi connectivity index (χ3v) is 3.43. The summed E-state index contributed by atoms with van der Waals surface area (Å²) in [6, 6.07) is 8.44. The lowest BCUT2D eigenvalue weighted by Gasteiger charge is -2.05. The highest BCUT2D eigenvalue weighted by atomic mass is 35.5. The summed E-state index contributed by atoms with van der Waals surface area (Å²) in [5.74, 6) is 1.08. The number of unbranched alkanes of at least 4 members (excludes halogenated alkanes) is 1. The molecule has 0 aromatic heterocycles. The Morgan fingerprint density at radius 2 is 2.39 bits per heavy atom. The lowest BCUT2D eigenvalue weighted by Crippen LogP contribution is -2.34. The third-order valence-electron chi connectivity index (χ3n) is 3.19. The Hall–Kier alpha value is -1.22. The Kier molecular flexibility index (Phi) is 4.48. The molecule has 1 aromatic carbocycles. The Bertz CT molecular complexity index is 431. The van der Waals surface area contributed by atoms with Crippen LogP contribution in [0.3, 0.4) is 0 Å². The smallest absolute Gasteiger partial charge is 0.188 e. The lowest BCUT2D eigenvalue weighted by atomic mass is 10.1. The van der Waals surface area contributed by atoms with Gasteiger partial charge < -0.3 is 11.1 Å². The predicted octanol–water partition coefficient (Wildman–Crippen LogP) is 2.90. The molecule has 0 saturated heterocycles. The van der Waals surface area contributed by atoms with Crippen molar-refractivity contribution < 1.29 is 0 Å². The van der Waals surface area contributed by atoms with Gasteiger partial charge in [0.1, 0.15) is 0 Å². The van der Waals surface area contributed by atoms with Crippen LogP contribution in [0.4, 0.5) is 0 Å². The molecule has 0 aliphatic heterocycles.